The first kappa shape index (κ1) is 24.9. The number of hydrogen-bond donors (Lipinski definition) is 1. The number of pyridine rings is 1. The van der Waals surface area contributed by atoms with Crippen LogP contribution in [-0.2, 0) is 11.3 Å². The number of rotatable bonds is 0. The fourth-order valence-electron chi connectivity index (χ4n) is 6.14. The van der Waals surface area contributed by atoms with Crippen LogP contribution in [0.1, 0.15) is 44.6 Å². The highest BCUT2D eigenvalue weighted by molar-refractivity contribution is 5.80. The first-order valence-electron chi connectivity index (χ1n) is 14.0. The molecule has 0 saturated carbocycles. The maximum absolute atomic E-state index is 12.8. The molecule has 2 saturated heterocycles. The van der Waals surface area contributed by atoms with Gasteiger partial charge in [0, 0.05) is 81.1 Å². The molecule has 0 spiro atoms. The smallest absolute Gasteiger partial charge is 0.225 e. The van der Waals surface area contributed by atoms with E-state index >= 15 is 0 Å². The summed E-state index contributed by atoms with van der Waals surface area (Å²) in [7, 11) is 0. The number of benzene rings is 1. The van der Waals surface area contributed by atoms with Crippen molar-refractivity contribution >= 4 is 23.2 Å². The van der Waals surface area contributed by atoms with Crippen LogP contribution in [0.25, 0.3) is 11.1 Å². The van der Waals surface area contributed by atoms with Gasteiger partial charge in [-0.3, -0.25) is 14.6 Å². The van der Waals surface area contributed by atoms with Gasteiger partial charge in [-0.15, -0.1) is 0 Å². The second kappa shape index (κ2) is 11.2. The molecule has 0 amide bonds. The zero-order chi connectivity index (χ0) is 25.9. The molecule has 0 radical (unpaired) electrons. The number of carbonyl (C=O) groups excluding carboxylic acids is 1. The molecule has 2 aromatic heterocycles. The Morgan fingerprint density at radius 3 is 2.66 bits per heavy atom. The minimum Gasteiger partial charge on any atom is -0.340 e. The van der Waals surface area contributed by atoms with E-state index in [1.54, 1.807) is 0 Å². The minimum absolute atomic E-state index is 0.364. The van der Waals surface area contributed by atoms with Gasteiger partial charge in [0.2, 0.25) is 5.95 Å². The average molecular weight is 512 g/mol. The molecular weight excluding hydrogens is 474 g/mol. The molecule has 1 aromatic carbocycles. The summed E-state index contributed by atoms with van der Waals surface area (Å²) in [6.45, 7) is 7.57. The number of carbonyl (C=O) groups is 1. The maximum Gasteiger partial charge on any atom is 0.225 e. The molecule has 2 fully saturated rings. The van der Waals surface area contributed by atoms with E-state index < -0.39 is 0 Å². The summed E-state index contributed by atoms with van der Waals surface area (Å²) in [6, 6.07) is 13.4. The van der Waals surface area contributed by atoms with Gasteiger partial charge in [0.1, 0.15) is 11.6 Å². The first-order valence-corrected chi connectivity index (χ1v) is 14.0. The Bertz CT molecular complexity index is 1260. The maximum atomic E-state index is 12.8. The zero-order valence-corrected chi connectivity index (χ0v) is 22.2. The molecule has 6 aliphatic rings. The molecule has 8 bridgehead atoms. The van der Waals surface area contributed by atoms with Crippen molar-refractivity contribution in [2.45, 2.75) is 57.7 Å². The lowest BCUT2D eigenvalue weighted by Gasteiger charge is -2.39. The van der Waals surface area contributed by atoms with Gasteiger partial charge in [0.15, 0.2) is 0 Å². The second-order valence-corrected chi connectivity index (χ2v) is 11.0. The third-order valence-corrected chi connectivity index (χ3v) is 8.19. The second-order valence-electron chi connectivity index (χ2n) is 11.0. The molecule has 38 heavy (non-hydrogen) atoms. The Labute approximate surface area is 225 Å². The summed E-state index contributed by atoms with van der Waals surface area (Å²) in [6.07, 6.45) is 10.5. The molecule has 8 heterocycles. The van der Waals surface area contributed by atoms with E-state index in [-0.39, 0.29) is 0 Å². The van der Waals surface area contributed by atoms with Crippen LogP contribution in [0.2, 0.25) is 0 Å². The summed E-state index contributed by atoms with van der Waals surface area (Å²) >= 11 is 0. The SMILES string of the molecule is CC1CN2CCN1Cc1cccc(c1)Nc1cc(ccn1)-c1cnc(nc1)N1CCCC1CCCC(=O)C2. The monoisotopic (exact) mass is 511 g/mol. The molecule has 9 rings (SSSR count). The van der Waals surface area contributed by atoms with Crippen LogP contribution in [0.4, 0.5) is 17.5 Å². The average Bonchev–Trinajstić information content (AvgIpc) is 3.39. The van der Waals surface area contributed by atoms with Crippen LogP contribution in [0.3, 0.4) is 0 Å². The van der Waals surface area contributed by atoms with Gasteiger partial charge in [0.05, 0.1) is 6.54 Å². The number of anilines is 3. The summed E-state index contributed by atoms with van der Waals surface area (Å²) in [5.74, 6) is 1.95. The molecule has 1 N–H and O–H groups in total. The van der Waals surface area contributed by atoms with Crippen LogP contribution in [-0.4, -0.2) is 75.3 Å². The Balaban J connectivity index is 1.27. The molecular formula is C30H37N7O. The molecule has 8 heteroatoms. The van der Waals surface area contributed by atoms with E-state index in [9.17, 15) is 4.79 Å². The number of nitrogens with zero attached hydrogens (tertiary/aromatic N) is 6. The van der Waals surface area contributed by atoms with Gasteiger partial charge < -0.3 is 10.2 Å². The normalized spacial score (nSPS) is 26.1. The van der Waals surface area contributed by atoms with Crippen molar-refractivity contribution in [1.82, 2.24) is 24.8 Å². The number of piperazine rings is 1. The van der Waals surface area contributed by atoms with E-state index in [4.69, 9.17) is 9.97 Å². The van der Waals surface area contributed by atoms with Crippen LogP contribution in [0.15, 0.2) is 55.0 Å². The van der Waals surface area contributed by atoms with Crippen molar-refractivity contribution in [3.05, 3.63) is 60.6 Å². The summed E-state index contributed by atoms with van der Waals surface area (Å²) in [5.41, 5.74) is 4.30. The number of ketones is 1. The van der Waals surface area contributed by atoms with Crippen molar-refractivity contribution in [3.8, 4) is 11.1 Å². The molecule has 3 aromatic rings. The van der Waals surface area contributed by atoms with Gasteiger partial charge >= 0.3 is 0 Å². The van der Waals surface area contributed by atoms with Crippen LogP contribution >= 0.6 is 0 Å². The van der Waals surface area contributed by atoms with Crippen molar-refractivity contribution in [2.75, 3.05) is 42.9 Å². The predicted molar refractivity (Wildman–Crippen MR) is 151 cm³/mol. The van der Waals surface area contributed by atoms with E-state index in [1.807, 2.05) is 24.7 Å². The van der Waals surface area contributed by atoms with Crippen molar-refractivity contribution in [1.29, 1.82) is 0 Å². The highest BCUT2D eigenvalue weighted by atomic mass is 16.1. The van der Waals surface area contributed by atoms with Crippen LogP contribution in [0.5, 0.6) is 0 Å². The quantitative estimate of drug-likeness (QED) is 0.473. The lowest BCUT2D eigenvalue weighted by molar-refractivity contribution is -0.121. The first-order chi connectivity index (χ1) is 18.6. The number of Topliss-reactive ketones (excluding diaryl/α,β-unsaturated/α-hetero) is 1. The van der Waals surface area contributed by atoms with Crippen molar-refractivity contribution in [3.63, 3.8) is 0 Å². The molecule has 198 valence electrons. The summed E-state index contributed by atoms with van der Waals surface area (Å²) in [5, 5.41) is 3.48. The Hall–Kier alpha value is -3.36. The van der Waals surface area contributed by atoms with E-state index in [0.717, 1.165) is 87.0 Å². The van der Waals surface area contributed by atoms with Crippen LogP contribution < -0.4 is 10.2 Å². The zero-order valence-electron chi connectivity index (χ0n) is 22.2. The molecule has 0 aliphatic carbocycles. The Kier molecular flexibility index (Phi) is 7.33. The third kappa shape index (κ3) is 5.71. The topological polar surface area (TPSA) is 77.5 Å². The van der Waals surface area contributed by atoms with E-state index in [2.05, 4.69) is 62.3 Å². The van der Waals surface area contributed by atoms with Crippen molar-refractivity contribution in [2.24, 2.45) is 0 Å². The van der Waals surface area contributed by atoms with Gasteiger partial charge in [0.25, 0.3) is 0 Å². The fourth-order valence-corrected chi connectivity index (χ4v) is 6.14. The highest BCUT2D eigenvalue weighted by Crippen LogP contribution is 2.28. The van der Waals surface area contributed by atoms with Gasteiger partial charge in [-0.2, -0.15) is 0 Å². The van der Waals surface area contributed by atoms with E-state index in [0.29, 0.717) is 30.8 Å². The lowest BCUT2D eigenvalue weighted by Crippen LogP contribution is -2.52. The third-order valence-electron chi connectivity index (χ3n) is 8.19. The predicted octanol–water partition coefficient (Wildman–Crippen LogP) is 4.51. The molecule has 4 atom stereocenters. The van der Waals surface area contributed by atoms with Gasteiger partial charge in [-0.1, -0.05) is 12.1 Å². The van der Waals surface area contributed by atoms with Gasteiger partial charge in [-0.25, -0.2) is 15.0 Å². The number of hydrogen-bond acceptors (Lipinski definition) is 8. The highest BCUT2D eigenvalue weighted by Gasteiger charge is 2.28. The van der Waals surface area contributed by atoms with Gasteiger partial charge in [-0.05, 0) is 68.0 Å². The van der Waals surface area contributed by atoms with Crippen LogP contribution in [0, 0.1) is 0 Å². The fraction of sp³-hybridized carbons (Fsp3) is 0.467. The Morgan fingerprint density at radius 2 is 1.79 bits per heavy atom. The molecule has 8 nitrogen and oxygen atoms in total. The summed E-state index contributed by atoms with van der Waals surface area (Å²) < 4.78 is 0. The standard InChI is InChI=1S/C30H37N7O/c1-22-19-35-13-14-36(22)20-23-5-2-6-26(15-23)34-29-16-24(10-11-31-29)25-17-32-30(33-18-25)37-12-4-8-27(37)7-3-9-28(38)21-35/h2,5-6,10-11,15-18,22,27H,3-4,7-9,12-14,19-21H2,1H3,(H,31,34). The largest absolute Gasteiger partial charge is 0.340 e. The summed E-state index contributed by atoms with van der Waals surface area (Å²) in [4.78, 5) is 34.1. The Morgan fingerprint density at radius 1 is 0.921 bits per heavy atom. The molecule has 6 aliphatic heterocycles. The van der Waals surface area contributed by atoms with Crippen molar-refractivity contribution < 1.29 is 4.79 Å². The van der Waals surface area contributed by atoms with E-state index in [1.165, 1.54) is 5.56 Å². The number of nitrogens with one attached hydrogen (secondary N) is 1. The lowest BCUT2D eigenvalue weighted by atomic mass is 10.0. The minimum atomic E-state index is 0.364. The molecule has 4 unspecified atom stereocenters. The number of aromatic nitrogens is 3.